The minimum Gasteiger partial charge on any atom is -0.379 e. The summed E-state index contributed by atoms with van der Waals surface area (Å²) in [5.74, 6) is -9.83. The van der Waals surface area contributed by atoms with Gasteiger partial charge in [0.25, 0.3) is 16.0 Å². The number of unbranched alkanes of at least 4 members (excludes halogenated alkanes) is 3. The van der Waals surface area contributed by atoms with Crippen molar-refractivity contribution in [3.63, 3.8) is 0 Å². The Morgan fingerprint density at radius 2 is 1.01 bits per heavy atom. The summed E-state index contributed by atoms with van der Waals surface area (Å²) < 4.78 is 40.1. The summed E-state index contributed by atoms with van der Waals surface area (Å²) in [5.41, 5.74) is 0. The van der Waals surface area contributed by atoms with E-state index in [2.05, 4.69) is 26.2 Å². The van der Waals surface area contributed by atoms with Gasteiger partial charge in [0.05, 0.1) is 32.2 Å². The number of nitrogens with one attached hydrogen (secondary N) is 4. The Bertz CT molecular complexity index is 2860. The van der Waals surface area contributed by atoms with Crippen LogP contribution in [0.1, 0.15) is 175 Å². The van der Waals surface area contributed by atoms with Gasteiger partial charge in [-0.05, 0) is 121 Å². The Labute approximate surface area is 596 Å². The molecule has 0 spiro atoms. The highest BCUT2D eigenvalue weighted by Gasteiger charge is 2.55. The van der Waals surface area contributed by atoms with Crippen LogP contribution in [0.5, 0.6) is 0 Å². The van der Waals surface area contributed by atoms with Crippen LogP contribution < -0.4 is 21.3 Å². The van der Waals surface area contributed by atoms with E-state index in [1.54, 1.807) is 41.5 Å². The van der Waals surface area contributed by atoms with Gasteiger partial charge in [0.15, 0.2) is 6.04 Å². The molecule has 100 heavy (non-hydrogen) atoms. The zero-order chi connectivity index (χ0) is 76.1. The zero-order valence-electron chi connectivity index (χ0n) is 64.4. The van der Waals surface area contributed by atoms with Crippen molar-refractivity contribution >= 4 is 75.1 Å². The minimum atomic E-state index is -3.66. The van der Waals surface area contributed by atoms with Gasteiger partial charge in [-0.15, -0.1) is 0 Å². The summed E-state index contributed by atoms with van der Waals surface area (Å²) in [7, 11) is 4.89. The Morgan fingerprint density at radius 1 is 0.500 bits per heavy atom. The first kappa shape index (κ1) is 88.1. The molecule has 0 aromatic heterocycles. The lowest BCUT2D eigenvalue weighted by Crippen LogP contribution is -2.72. The number of hydrogen-bond acceptors (Lipinski definition) is 18. The maximum atomic E-state index is 15.3. The van der Waals surface area contributed by atoms with E-state index in [9.17, 15) is 32.4 Å². The smallest absolute Gasteiger partial charge is 0.270 e. The van der Waals surface area contributed by atoms with Crippen LogP contribution in [0, 0.1) is 35.5 Å². The Kier molecular flexibility index (Phi) is 35.9. The zero-order valence-corrected chi connectivity index (χ0v) is 65.2. The molecule has 3 aliphatic rings. The van der Waals surface area contributed by atoms with E-state index >= 15 is 28.8 Å². The monoisotopic (exact) mass is 1440 g/mol. The van der Waals surface area contributed by atoms with E-state index in [0.717, 1.165) is 42.3 Å². The SMILES string of the molecule is CC[C@@H]1NC(=O)[C@@H]2[C@@H]([C@H](C)CCCCCOS(C)(=O)=O)ON2C(=O)[C@H](C(C)C)N(C)C(=O)[C@H](CC(C)C)N(C)C(=O)[C@H](CC(C)C)N(C)C(=O)[C@@H](C)NC(=O)[C@H](C)NC(=O)[C@H](CC(C)C)N(C)C(=O)[C@H](C(C)C)NC(=O)[C@H]([C@@H](C)OCCCCN2CCOCC2)N(C)C(=O)[C@@H](C)N(C)C1=O. The van der Waals surface area contributed by atoms with Crippen LogP contribution in [0.3, 0.4) is 0 Å². The summed E-state index contributed by atoms with van der Waals surface area (Å²) in [6.45, 7) is 31.4. The largest absolute Gasteiger partial charge is 0.379 e. The molecular weight excluding hydrogens is 1310 g/mol. The van der Waals surface area contributed by atoms with Crippen LogP contribution in [-0.4, -0.2) is 286 Å². The molecule has 0 aliphatic carbocycles. The number of fused-ring (bicyclic) bond motifs is 1. The highest BCUT2D eigenvalue weighted by atomic mass is 32.2. The van der Waals surface area contributed by atoms with Gasteiger partial charge < -0.3 is 60.1 Å². The lowest BCUT2D eigenvalue weighted by Gasteiger charge is -2.50. The first-order valence-electron chi connectivity index (χ1n) is 36.1. The summed E-state index contributed by atoms with van der Waals surface area (Å²) in [4.78, 5) is 180. The normalized spacial score (nSPS) is 27.7. The number of likely N-dealkylation sites (N-methyl/N-ethyl adjacent to an activating group) is 6. The molecule has 0 unspecified atom stereocenters. The molecule has 3 saturated heterocycles. The van der Waals surface area contributed by atoms with E-state index in [-0.39, 0.29) is 56.7 Å². The second kappa shape index (κ2) is 40.7. The van der Waals surface area contributed by atoms with Gasteiger partial charge >= 0.3 is 0 Å². The fourth-order valence-corrected chi connectivity index (χ4v) is 13.5. The summed E-state index contributed by atoms with van der Waals surface area (Å²) in [6.07, 6.45) is 2.77. The minimum absolute atomic E-state index is 0.00747. The van der Waals surface area contributed by atoms with E-state index in [1.807, 2.05) is 48.5 Å². The van der Waals surface area contributed by atoms with Crippen molar-refractivity contribution in [2.24, 2.45) is 35.5 Å². The number of ether oxygens (including phenoxy) is 2. The molecular formula is C70H126N12O17S. The number of amides is 11. The van der Waals surface area contributed by atoms with Crippen molar-refractivity contribution < 1.29 is 79.7 Å². The van der Waals surface area contributed by atoms with Gasteiger partial charge in [-0.2, -0.15) is 8.42 Å². The fraction of sp³-hybridized carbons (Fsp3) is 0.843. The number of carbonyl (C=O) groups excluding carboxylic acids is 11. The quantitative estimate of drug-likeness (QED) is 0.0797. The highest BCUT2D eigenvalue weighted by Crippen LogP contribution is 2.34. The van der Waals surface area contributed by atoms with Crippen molar-refractivity contribution in [3.05, 3.63) is 0 Å². The summed E-state index contributed by atoms with van der Waals surface area (Å²) in [6, 6.07) is -14.0. The van der Waals surface area contributed by atoms with E-state index in [1.165, 1.54) is 87.6 Å². The van der Waals surface area contributed by atoms with Gasteiger partial charge in [0.1, 0.15) is 66.5 Å². The number of hydroxylamine groups is 2. The molecule has 3 rings (SSSR count). The lowest BCUT2D eigenvalue weighted by molar-refractivity contribution is -0.322. The average molecular weight is 1440 g/mol. The molecule has 29 nitrogen and oxygen atoms in total. The Morgan fingerprint density at radius 3 is 1.54 bits per heavy atom. The van der Waals surface area contributed by atoms with E-state index in [4.69, 9.17) is 18.5 Å². The van der Waals surface area contributed by atoms with Gasteiger partial charge in [0, 0.05) is 62.0 Å². The third-order valence-corrected chi connectivity index (χ3v) is 19.9. The summed E-state index contributed by atoms with van der Waals surface area (Å²) >= 11 is 0. The van der Waals surface area contributed by atoms with Crippen molar-refractivity contribution in [1.82, 2.24) is 60.6 Å². The van der Waals surface area contributed by atoms with Gasteiger partial charge in [-0.3, -0.25) is 66.7 Å². The molecule has 3 aliphatic heterocycles. The number of morpholine rings is 1. The first-order valence-corrected chi connectivity index (χ1v) is 37.9. The van der Waals surface area contributed by atoms with Crippen LogP contribution in [0.15, 0.2) is 0 Å². The van der Waals surface area contributed by atoms with Gasteiger partial charge in [0.2, 0.25) is 59.1 Å². The molecule has 14 atom stereocenters. The molecule has 0 aromatic rings. The molecule has 0 aromatic carbocycles. The second-order valence-electron chi connectivity index (χ2n) is 29.9. The lowest BCUT2D eigenvalue weighted by atomic mass is 9.88. The van der Waals surface area contributed by atoms with E-state index in [0.29, 0.717) is 45.3 Å². The van der Waals surface area contributed by atoms with Crippen LogP contribution in [0.4, 0.5) is 0 Å². The van der Waals surface area contributed by atoms with Crippen LogP contribution in [-0.2, 0) is 81.4 Å². The van der Waals surface area contributed by atoms with Crippen molar-refractivity contribution in [3.8, 4) is 0 Å². The predicted molar refractivity (Wildman–Crippen MR) is 378 cm³/mol. The maximum absolute atomic E-state index is 15.3. The molecule has 0 saturated carbocycles. The number of nitrogens with zero attached hydrogens (tertiary/aromatic N) is 8. The Balaban J connectivity index is 2.29. The third-order valence-electron chi connectivity index (χ3n) is 19.4. The first-order chi connectivity index (χ1) is 46.5. The third kappa shape index (κ3) is 25.1. The molecule has 0 radical (unpaired) electrons. The number of carbonyl (C=O) groups is 11. The predicted octanol–water partition coefficient (Wildman–Crippen LogP) is 3.02. The molecule has 3 fully saturated rings. The Hall–Kier alpha value is -6.08. The standard InChI is InChI=1S/C70H126N12O17S/c1-24-51-66(89)75(17)49(15)65(88)80(22)57(50(16)97-34-29-27-31-81-32-36-96-37-33-81)62(85)74-55(44(8)9)69(92)76(18)52(38-41(2)3)61(84)71-47(13)60(83)72-48(14)64(87)77(19)53(39-42(4)5)67(90)78(20)54(40-43(6)7)68(91)79(21)56(45(10)11)70(93)82-58(63(86)73-51)59(99-82)46(12)30-26-25-28-35-98-100(23,94)95/h41-59H,24-40H2,1-23H3,(H,71,84)(H,72,83)(H,73,86)(H,74,85)/t46-,47+,48-,49-,50-,51+,52+,53+,54+,55+,56+,57+,58+,59-/m1/s1. The molecule has 11 amide bonds. The van der Waals surface area contributed by atoms with E-state index < -0.39 is 172 Å². The number of rotatable bonds is 24. The van der Waals surface area contributed by atoms with Crippen molar-refractivity contribution in [1.29, 1.82) is 0 Å². The fourth-order valence-electron chi connectivity index (χ4n) is 13.0. The highest BCUT2D eigenvalue weighted by molar-refractivity contribution is 7.86. The van der Waals surface area contributed by atoms with Crippen LogP contribution >= 0.6 is 0 Å². The second-order valence-corrected chi connectivity index (χ2v) is 31.5. The molecule has 3 heterocycles. The van der Waals surface area contributed by atoms with Gasteiger partial charge in [-0.1, -0.05) is 95.9 Å². The molecule has 0 bridgehead atoms. The van der Waals surface area contributed by atoms with Crippen LogP contribution in [0.25, 0.3) is 0 Å². The van der Waals surface area contributed by atoms with Crippen molar-refractivity contribution in [2.45, 2.75) is 254 Å². The molecule has 30 heteroatoms. The van der Waals surface area contributed by atoms with Crippen molar-refractivity contribution in [2.75, 3.05) is 94.6 Å². The maximum Gasteiger partial charge on any atom is 0.270 e. The van der Waals surface area contributed by atoms with Gasteiger partial charge in [-0.25, -0.2) is 5.06 Å². The van der Waals surface area contributed by atoms with Crippen LogP contribution in [0.2, 0.25) is 0 Å². The molecule has 4 N–H and O–H groups in total. The average Bonchev–Trinajstić information content (AvgIpc) is 0.753. The summed E-state index contributed by atoms with van der Waals surface area (Å²) in [5, 5.41) is 12.1. The number of hydrogen-bond donors (Lipinski definition) is 4. The molecule has 574 valence electrons. The topological polar surface area (TPSA) is 333 Å².